The molecule has 0 atom stereocenters. The normalized spacial score (nSPS) is 12.8. The molecule has 0 aliphatic carbocycles. The number of hydrogen-bond acceptors (Lipinski definition) is 4. The van der Waals surface area contributed by atoms with Gasteiger partial charge in [0.25, 0.3) is 0 Å². The number of hydrogen-bond donors (Lipinski definition) is 1. The monoisotopic (exact) mass is 448 g/mol. The maximum absolute atomic E-state index is 9.89. The number of fused-ring (bicyclic) bond motifs is 3. The first-order chi connectivity index (χ1) is 13.6. The number of aromatic nitrogens is 1. The number of para-hydroxylation sites is 1. The van der Waals surface area contributed by atoms with Gasteiger partial charge in [0.2, 0.25) is 0 Å². The maximum atomic E-state index is 9.89. The van der Waals surface area contributed by atoms with Gasteiger partial charge in [0.1, 0.15) is 0 Å². The molecule has 0 saturated heterocycles. The summed E-state index contributed by atoms with van der Waals surface area (Å²) in [5.74, 6) is 0. The van der Waals surface area contributed by atoms with Gasteiger partial charge in [-0.3, -0.25) is 0 Å². The van der Waals surface area contributed by atoms with Crippen LogP contribution in [0.15, 0.2) is 81.0 Å². The van der Waals surface area contributed by atoms with Crippen LogP contribution < -0.4 is 4.90 Å². The minimum absolute atomic E-state index is 0.0173. The van der Waals surface area contributed by atoms with Crippen LogP contribution in [0.5, 0.6) is 0 Å². The fourth-order valence-corrected chi connectivity index (χ4v) is 5.13. The van der Waals surface area contributed by atoms with E-state index in [1.54, 1.807) is 11.8 Å². The molecule has 5 rings (SSSR count). The zero-order chi connectivity index (χ0) is 19.3. The molecule has 2 heterocycles. The molecule has 0 spiro atoms. The molecule has 4 aromatic rings. The van der Waals surface area contributed by atoms with Gasteiger partial charge in [-0.15, -0.1) is 0 Å². The quantitative estimate of drug-likeness (QED) is 0.385. The van der Waals surface area contributed by atoms with E-state index in [4.69, 9.17) is 4.98 Å². The number of anilines is 2. The first-order valence-corrected chi connectivity index (χ1v) is 10.6. The van der Waals surface area contributed by atoms with Crippen molar-refractivity contribution in [1.29, 1.82) is 0 Å². The molecule has 1 N–H and O–H groups in total. The van der Waals surface area contributed by atoms with Gasteiger partial charge in [-0.25, -0.2) is 4.98 Å². The van der Waals surface area contributed by atoms with Crippen LogP contribution in [-0.2, 0) is 6.61 Å². The molecule has 0 unspecified atom stereocenters. The zero-order valence-electron chi connectivity index (χ0n) is 15.2. The number of benzene rings is 3. The van der Waals surface area contributed by atoms with Crippen LogP contribution in [0.1, 0.15) is 5.56 Å². The summed E-state index contributed by atoms with van der Waals surface area (Å²) >= 11 is 5.30. The largest absolute Gasteiger partial charge is 0.392 e. The van der Waals surface area contributed by atoms with Gasteiger partial charge in [-0.05, 0) is 54.1 Å². The van der Waals surface area contributed by atoms with E-state index in [1.807, 2.05) is 24.3 Å². The highest BCUT2D eigenvalue weighted by atomic mass is 79.9. The van der Waals surface area contributed by atoms with E-state index in [9.17, 15) is 5.11 Å². The maximum Gasteiger partial charge on any atom is 0.0714 e. The Hall–Kier alpha value is -2.34. The van der Waals surface area contributed by atoms with Crippen molar-refractivity contribution in [1.82, 2.24) is 4.98 Å². The molecular formula is C23H17BrN2OS. The fraction of sp³-hybridized carbons (Fsp3) is 0.0870. The third-order valence-electron chi connectivity index (χ3n) is 5.09. The Morgan fingerprint density at radius 3 is 2.64 bits per heavy atom. The number of nitrogens with zero attached hydrogens (tertiary/aromatic N) is 2. The molecule has 0 radical (unpaired) electrons. The van der Waals surface area contributed by atoms with Crippen molar-refractivity contribution in [3.05, 3.63) is 76.8 Å². The Morgan fingerprint density at radius 2 is 1.79 bits per heavy atom. The Kier molecular flexibility index (Phi) is 4.38. The van der Waals surface area contributed by atoms with E-state index >= 15 is 0 Å². The lowest BCUT2D eigenvalue weighted by Crippen LogP contribution is -2.14. The third-order valence-corrected chi connectivity index (χ3v) is 6.71. The van der Waals surface area contributed by atoms with Crippen molar-refractivity contribution in [2.75, 3.05) is 11.9 Å². The smallest absolute Gasteiger partial charge is 0.0714 e. The second-order valence-corrected chi connectivity index (χ2v) is 8.80. The van der Waals surface area contributed by atoms with Crippen molar-refractivity contribution in [3.8, 4) is 11.3 Å². The van der Waals surface area contributed by atoms with Gasteiger partial charge >= 0.3 is 0 Å². The lowest BCUT2D eigenvalue weighted by atomic mass is 10.0. The van der Waals surface area contributed by atoms with Gasteiger partial charge in [-0.1, -0.05) is 45.9 Å². The second kappa shape index (κ2) is 6.92. The summed E-state index contributed by atoms with van der Waals surface area (Å²) < 4.78 is 0.982. The number of aliphatic hydroxyl groups is 1. The molecule has 1 aliphatic rings. The number of halogens is 1. The molecule has 1 aliphatic heterocycles. The SMILES string of the molecule is CN1c2ccccc2Sc2ccc(-c3cc(CO)c4cc(Br)ccc4n3)cc21. The second-order valence-electron chi connectivity index (χ2n) is 6.80. The molecule has 0 fully saturated rings. The van der Waals surface area contributed by atoms with Crippen LogP contribution in [0.3, 0.4) is 0 Å². The highest BCUT2D eigenvalue weighted by Crippen LogP contribution is 2.48. The fourth-order valence-electron chi connectivity index (χ4n) is 3.64. The first kappa shape index (κ1) is 17.7. The molecule has 3 nitrogen and oxygen atoms in total. The Labute approximate surface area is 176 Å². The molecular weight excluding hydrogens is 432 g/mol. The Morgan fingerprint density at radius 1 is 0.964 bits per heavy atom. The van der Waals surface area contributed by atoms with Gasteiger partial charge < -0.3 is 10.0 Å². The third kappa shape index (κ3) is 2.91. The van der Waals surface area contributed by atoms with Crippen LogP contribution >= 0.6 is 27.7 Å². The summed E-state index contributed by atoms with van der Waals surface area (Å²) in [4.78, 5) is 9.59. The number of pyridine rings is 1. The average Bonchev–Trinajstić information content (AvgIpc) is 2.73. The van der Waals surface area contributed by atoms with Crippen LogP contribution in [0.25, 0.3) is 22.2 Å². The lowest BCUT2D eigenvalue weighted by Gasteiger charge is -2.29. The van der Waals surface area contributed by atoms with E-state index in [0.29, 0.717) is 0 Å². The van der Waals surface area contributed by atoms with Crippen molar-refractivity contribution in [2.45, 2.75) is 16.4 Å². The Balaban J connectivity index is 1.64. The molecule has 0 bridgehead atoms. The van der Waals surface area contributed by atoms with E-state index in [-0.39, 0.29) is 6.61 Å². The van der Waals surface area contributed by atoms with E-state index in [2.05, 4.69) is 70.3 Å². The number of rotatable bonds is 2. The van der Waals surface area contributed by atoms with Gasteiger partial charge in [0.15, 0.2) is 0 Å². The minimum Gasteiger partial charge on any atom is -0.392 e. The van der Waals surface area contributed by atoms with Crippen LogP contribution in [-0.4, -0.2) is 17.1 Å². The van der Waals surface area contributed by atoms with Crippen LogP contribution in [0.2, 0.25) is 0 Å². The molecule has 28 heavy (non-hydrogen) atoms. The van der Waals surface area contributed by atoms with E-state index in [1.165, 1.54) is 21.2 Å². The summed E-state index contributed by atoms with van der Waals surface area (Å²) in [6, 6.07) is 22.9. The minimum atomic E-state index is -0.0173. The van der Waals surface area contributed by atoms with Gasteiger partial charge in [-0.2, -0.15) is 0 Å². The summed E-state index contributed by atoms with van der Waals surface area (Å²) in [5.41, 5.74) is 6.07. The topological polar surface area (TPSA) is 36.4 Å². The first-order valence-electron chi connectivity index (χ1n) is 8.99. The lowest BCUT2D eigenvalue weighted by molar-refractivity contribution is 0.283. The van der Waals surface area contributed by atoms with E-state index in [0.717, 1.165) is 32.2 Å². The highest BCUT2D eigenvalue weighted by molar-refractivity contribution is 9.10. The molecule has 3 aromatic carbocycles. The summed E-state index contributed by atoms with van der Waals surface area (Å²) in [7, 11) is 2.10. The number of aliphatic hydroxyl groups excluding tert-OH is 1. The van der Waals surface area contributed by atoms with Crippen molar-refractivity contribution in [3.63, 3.8) is 0 Å². The predicted octanol–water partition coefficient (Wildman–Crippen LogP) is 6.39. The van der Waals surface area contributed by atoms with Crippen molar-refractivity contribution >= 4 is 50.0 Å². The molecule has 5 heteroatoms. The highest BCUT2D eigenvalue weighted by Gasteiger charge is 2.21. The van der Waals surface area contributed by atoms with Gasteiger partial charge in [0, 0.05) is 32.3 Å². The van der Waals surface area contributed by atoms with Crippen LogP contribution in [0.4, 0.5) is 11.4 Å². The molecule has 138 valence electrons. The van der Waals surface area contributed by atoms with Gasteiger partial charge in [0.05, 0.1) is 29.2 Å². The Bertz CT molecular complexity index is 1220. The summed E-state index contributed by atoms with van der Waals surface area (Å²) in [5, 5.41) is 10.9. The zero-order valence-corrected chi connectivity index (χ0v) is 17.6. The molecule has 1 aromatic heterocycles. The molecule has 0 amide bonds. The standard InChI is InChI=1S/C23H17BrN2OS/c1-26-20-4-2-3-5-22(20)28-23-9-6-14(11-21(23)26)19-10-15(13-27)17-12-16(24)7-8-18(17)25-19/h2-12,27H,13H2,1H3. The predicted molar refractivity (Wildman–Crippen MR) is 119 cm³/mol. The van der Waals surface area contributed by atoms with E-state index < -0.39 is 0 Å². The van der Waals surface area contributed by atoms with Crippen LogP contribution in [0, 0.1) is 0 Å². The summed E-state index contributed by atoms with van der Waals surface area (Å²) in [6.45, 7) is -0.0173. The van der Waals surface area contributed by atoms with Crippen molar-refractivity contribution < 1.29 is 5.11 Å². The van der Waals surface area contributed by atoms with Crippen molar-refractivity contribution in [2.24, 2.45) is 0 Å². The summed E-state index contributed by atoms with van der Waals surface area (Å²) in [6.07, 6.45) is 0. The molecule has 0 saturated carbocycles. The average molecular weight is 449 g/mol.